The number of rotatable bonds is 4. The van der Waals surface area contributed by atoms with Crippen molar-refractivity contribution in [2.45, 2.75) is 32.7 Å². The van der Waals surface area contributed by atoms with Crippen LogP contribution in [-0.2, 0) is 4.79 Å². The molecule has 0 aromatic carbocycles. The predicted octanol–water partition coefficient (Wildman–Crippen LogP) is 0.834. The van der Waals surface area contributed by atoms with Crippen LogP contribution >= 0.6 is 0 Å². The first-order chi connectivity index (χ1) is 4.57. The maximum Gasteiger partial charge on any atom is 0.306 e. The molecule has 0 aliphatic carbocycles. The molecule has 3 heteroatoms. The molecule has 3 N–H and O–H groups in total. The van der Waals surface area contributed by atoms with Gasteiger partial charge in [-0.25, -0.2) is 0 Å². The number of hydrogen-bond donors (Lipinski definition) is 2. The summed E-state index contributed by atoms with van der Waals surface area (Å²) < 4.78 is 0. The van der Waals surface area contributed by atoms with Crippen LogP contribution in [0.2, 0.25) is 0 Å². The summed E-state index contributed by atoms with van der Waals surface area (Å²) in [6.45, 7) is 3.64. The van der Waals surface area contributed by atoms with Gasteiger partial charge >= 0.3 is 5.97 Å². The normalized spacial score (nSPS) is 16.3. The van der Waals surface area contributed by atoms with Gasteiger partial charge in [-0.05, 0) is 12.8 Å². The van der Waals surface area contributed by atoms with E-state index in [1.807, 2.05) is 6.92 Å². The lowest BCUT2D eigenvalue weighted by Crippen LogP contribution is -2.24. The zero-order chi connectivity index (χ0) is 8.15. The average molecular weight is 145 g/mol. The molecule has 2 atom stereocenters. The zero-order valence-electron chi connectivity index (χ0n) is 6.50. The fourth-order valence-electron chi connectivity index (χ4n) is 0.722. The monoisotopic (exact) mass is 145 g/mol. The molecule has 0 aromatic rings. The molecule has 0 radical (unpaired) electrons. The van der Waals surface area contributed by atoms with E-state index in [0.29, 0.717) is 6.42 Å². The van der Waals surface area contributed by atoms with Crippen LogP contribution in [0.25, 0.3) is 0 Å². The second-order valence-corrected chi connectivity index (χ2v) is 2.64. The topological polar surface area (TPSA) is 63.3 Å². The summed E-state index contributed by atoms with van der Waals surface area (Å²) in [5, 5.41) is 8.47. The summed E-state index contributed by atoms with van der Waals surface area (Å²) in [6, 6.07) is 0.0334. The number of carboxylic acid groups (broad SMARTS) is 1. The van der Waals surface area contributed by atoms with Gasteiger partial charge in [-0.3, -0.25) is 4.79 Å². The van der Waals surface area contributed by atoms with Crippen molar-refractivity contribution >= 4 is 5.97 Å². The standard InChI is InChI=1S/C7H15NO2/c1-3-6(8)4-5(2)7(9)10/h5-6H,3-4,8H2,1-2H3,(H,9,10). The molecule has 0 saturated carbocycles. The molecule has 2 unspecified atom stereocenters. The van der Waals surface area contributed by atoms with E-state index in [-0.39, 0.29) is 12.0 Å². The Morgan fingerprint density at radius 2 is 2.20 bits per heavy atom. The number of carbonyl (C=O) groups is 1. The highest BCUT2D eigenvalue weighted by Crippen LogP contribution is 2.06. The van der Waals surface area contributed by atoms with Crippen LogP contribution in [0.5, 0.6) is 0 Å². The fourth-order valence-corrected chi connectivity index (χ4v) is 0.722. The van der Waals surface area contributed by atoms with E-state index in [2.05, 4.69) is 0 Å². The molecule has 60 valence electrons. The van der Waals surface area contributed by atoms with Crippen LogP contribution < -0.4 is 5.73 Å². The maximum atomic E-state index is 10.3. The fraction of sp³-hybridized carbons (Fsp3) is 0.857. The Hall–Kier alpha value is -0.570. The second-order valence-electron chi connectivity index (χ2n) is 2.64. The first-order valence-corrected chi connectivity index (χ1v) is 3.56. The molecule has 0 aliphatic heterocycles. The summed E-state index contributed by atoms with van der Waals surface area (Å²) in [5.41, 5.74) is 5.55. The molecule has 0 rings (SSSR count). The van der Waals surface area contributed by atoms with Crippen molar-refractivity contribution in [1.29, 1.82) is 0 Å². The van der Waals surface area contributed by atoms with Crippen LogP contribution in [0, 0.1) is 5.92 Å². The highest BCUT2D eigenvalue weighted by Gasteiger charge is 2.13. The average Bonchev–Trinajstić information content (AvgIpc) is 1.87. The third kappa shape index (κ3) is 3.45. The van der Waals surface area contributed by atoms with Crippen LogP contribution in [0.4, 0.5) is 0 Å². The highest BCUT2D eigenvalue weighted by atomic mass is 16.4. The second kappa shape index (κ2) is 4.28. The smallest absolute Gasteiger partial charge is 0.306 e. The summed E-state index contributed by atoms with van der Waals surface area (Å²) in [4.78, 5) is 10.3. The largest absolute Gasteiger partial charge is 0.481 e. The minimum atomic E-state index is -0.760. The molecular formula is C7H15NO2. The molecule has 0 saturated heterocycles. The molecule has 0 spiro atoms. The Kier molecular flexibility index (Phi) is 4.03. The Morgan fingerprint density at radius 1 is 1.70 bits per heavy atom. The van der Waals surface area contributed by atoms with Crippen molar-refractivity contribution in [3.05, 3.63) is 0 Å². The number of nitrogens with two attached hydrogens (primary N) is 1. The van der Waals surface area contributed by atoms with E-state index < -0.39 is 5.97 Å². The van der Waals surface area contributed by atoms with Crippen molar-refractivity contribution in [2.75, 3.05) is 0 Å². The van der Waals surface area contributed by atoms with Gasteiger partial charge in [0.1, 0.15) is 0 Å². The van der Waals surface area contributed by atoms with Crippen LogP contribution in [0.1, 0.15) is 26.7 Å². The van der Waals surface area contributed by atoms with E-state index in [0.717, 1.165) is 6.42 Å². The lowest BCUT2D eigenvalue weighted by atomic mass is 10.0. The SMILES string of the molecule is CCC(N)CC(C)C(=O)O. The molecular weight excluding hydrogens is 130 g/mol. The quantitative estimate of drug-likeness (QED) is 0.616. The molecule has 0 aromatic heterocycles. The third-order valence-electron chi connectivity index (χ3n) is 1.60. The van der Waals surface area contributed by atoms with E-state index in [4.69, 9.17) is 10.8 Å². The zero-order valence-corrected chi connectivity index (χ0v) is 6.50. The number of carboxylic acids is 1. The van der Waals surface area contributed by atoms with Crippen molar-refractivity contribution in [3.63, 3.8) is 0 Å². The molecule has 0 amide bonds. The maximum absolute atomic E-state index is 10.3. The summed E-state index contributed by atoms with van der Waals surface area (Å²) in [7, 11) is 0. The molecule has 0 bridgehead atoms. The van der Waals surface area contributed by atoms with Gasteiger partial charge in [0.2, 0.25) is 0 Å². The lowest BCUT2D eigenvalue weighted by Gasteiger charge is -2.10. The molecule has 0 fully saturated rings. The van der Waals surface area contributed by atoms with Crippen LogP contribution in [0.3, 0.4) is 0 Å². The Morgan fingerprint density at radius 3 is 2.50 bits per heavy atom. The van der Waals surface area contributed by atoms with Gasteiger partial charge in [0, 0.05) is 6.04 Å². The molecule has 0 heterocycles. The minimum absolute atomic E-state index is 0.0334. The van der Waals surface area contributed by atoms with Gasteiger partial charge in [0.25, 0.3) is 0 Å². The summed E-state index contributed by atoms with van der Waals surface area (Å²) >= 11 is 0. The number of hydrogen-bond acceptors (Lipinski definition) is 2. The summed E-state index contributed by atoms with van der Waals surface area (Å²) in [6.07, 6.45) is 1.42. The van der Waals surface area contributed by atoms with Gasteiger partial charge in [-0.1, -0.05) is 13.8 Å². The van der Waals surface area contributed by atoms with Crippen molar-refractivity contribution in [3.8, 4) is 0 Å². The van der Waals surface area contributed by atoms with Gasteiger partial charge in [-0.15, -0.1) is 0 Å². The Bertz CT molecular complexity index is 114. The molecule has 0 aliphatic rings. The molecule has 3 nitrogen and oxygen atoms in total. The van der Waals surface area contributed by atoms with E-state index in [1.54, 1.807) is 6.92 Å². The lowest BCUT2D eigenvalue weighted by molar-refractivity contribution is -0.141. The van der Waals surface area contributed by atoms with E-state index in [9.17, 15) is 4.79 Å². The van der Waals surface area contributed by atoms with E-state index >= 15 is 0 Å². The number of aliphatic carboxylic acids is 1. The molecule has 10 heavy (non-hydrogen) atoms. The first kappa shape index (κ1) is 9.43. The predicted molar refractivity (Wildman–Crippen MR) is 39.7 cm³/mol. The van der Waals surface area contributed by atoms with E-state index in [1.165, 1.54) is 0 Å². The van der Waals surface area contributed by atoms with Crippen molar-refractivity contribution in [2.24, 2.45) is 11.7 Å². The van der Waals surface area contributed by atoms with Crippen LogP contribution in [-0.4, -0.2) is 17.1 Å². The van der Waals surface area contributed by atoms with Crippen molar-refractivity contribution in [1.82, 2.24) is 0 Å². The Balaban J connectivity index is 3.56. The van der Waals surface area contributed by atoms with Crippen molar-refractivity contribution < 1.29 is 9.90 Å². The van der Waals surface area contributed by atoms with Crippen LogP contribution in [0.15, 0.2) is 0 Å². The van der Waals surface area contributed by atoms with Gasteiger partial charge in [-0.2, -0.15) is 0 Å². The van der Waals surface area contributed by atoms with Gasteiger partial charge < -0.3 is 10.8 Å². The first-order valence-electron chi connectivity index (χ1n) is 3.56. The highest BCUT2D eigenvalue weighted by molar-refractivity contribution is 5.69. The summed E-state index contributed by atoms with van der Waals surface area (Å²) in [5.74, 6) is -1.07. The Labute approximate surface area is 61.2 Å². The third-order valence-corrected chi connectivity index (χ3v) is 1.60. The minimum Gasteiger partial charge on any atom is -0.481 e. The van der Waals surface area contributed by atoms with Gasteiger partial charge in [0.15, 0.2) is 0 Å². The van der Waals surface area contributed by atoms with Gasteiger partial charge in [0.05, 0.1) is 5.92 Å².